The molecule has 0 aliphatic rings. The van der Waals surface area contributed by atoms with Gasteiger partial charge in [-0.05, 0) is 27.6 Å². The number of amides is 1. The van der Waals surface area contributed by atoms with Crippen LogP contribution in [0.1, 0.15) is 27.8 Å². The molecule has 0 saturated heterocycles. The molecule has 0 aliphatic heterocycles. The standard InChI is InChI=1S/C17H15BrN4O/c1-22-8-7-20-16(22)15(12-5-3-2-4-6-12)21-17(23)13-9-14(18)11-19-10-13/h2-11,15H,1H3,(H,21,23)/t15-/m0/s1. The third-order valence-corrected chi connectivity index (χ3v) is 3.93. The Morgan fingerprint density at radius 3 is 2.70 bits per heavy atom. The van der Waals surface area contributed by atoms with Crippen molar-refractivity contribution >= 4 is 21.8 Å². The maximum absolute atomic E-state index is 12.6. The molecule has 3 aromatic rings. The van der Waals surface area contributed by atoms with E-state index in [2.05, 4.69) is 31.2 Å². The van der Waals surface area contributed by atoms with Crippen LogP contribution in [0, 0.1) is 0 Å². The van der Waals surface area contributed by atoms with Crippen molar-refractivity contribution in [2.75, 3.05) is 0 Å². The first kappa shape index (κ1) is 15.4. The van der Waals surface area contributed by atoms with Crippen LogP contribution in [0.5, 0.6) is 0 Å². The SMILES string of the molecule is Cn1ccnc1[C@@H](NC(=O)c1cncc(Br)c1)c1ccccc1. The number of nitrogens with one attached hydrogen (secondary N) is 1. The van der Waals surface area contributed by atoms with Gasteiger partial charge in [0.1, 0.15) is 11.9 Å². The van der Waals surface area contributed by atoms with Gasteiger partial charge in [0, 0.05) is 36.3 Å². The van der Waals surface area contributed by atoms with Crippen LogP contribution in [0.3, 0.4) is 0 Å². The number of nitrogens with zero attached hydrogens (tertiary/aromatic N) is 3. The molecule has 6 heteroatoms. The van der Waals surface area contributed by atoms with E-state index < -0.39 is 0 Å². The van der Waals surface area contributed by atoms with Gasteiger partial charge >= 0.3 is 0 Å². The predicted octanol–water partition coefficient (Wildman–Crippen LogP) is 3.10. The van der Waals surface area contributed by atoms with Gasteiger partial charge in [0.2, 0.25) is 0 Å². The summed E-state index contributed by atoms with van der Waals surface area (Å²) in [6, 6.07) is 11.2. The van der Waals surface area contributed by atoms with Crippen LogP contribution in [-0.4, -0.2) is 20.4 Å². The molecule has 3 rings (SSSR count). The van der Waals surface area contributed by atoms with Crippen molar-refractivity contribution < 1.29 is 4.79 Å². The second-order valence-electron chi connectivity index (χ2n) is 5.11. The lowest BCUT2D eigenvalue weighted by Crippen LogP contribution is -2.31. The minimum atomic E-state index is -0.331. The maximum atomic E-state index is 12.6. The Morgan fingerprint density at radius 2 is 2.04 bits per heavy atom. The van der Waals surface area contributed by atoms with Crippen molar-refractivity contribution in [3.63, 3.8) is 0 Å². The first-order chi connectivity index (χ1) is 11.1. The van der Waals surface area contributed by atoms with Crippen LogP contribution in [0.25, 0.3) is 0 Å². The average Bonchev–Trinajstić information content (AvgIpc) is 2.99. The zero-order valence-corrected chi connectivity index (χ0v) is 14.1. The van der Waals surface area contributed by atoms with Crippen molar-refractivity contribution in [2.45, 2.75) is 6.04 Å². The Labute approximate surface area is 142 Å². The second kappa shape index (κ2) is 6.75. The highest BCUT2D eigenvalue weighted by Gasteiger charge is 2.21. The van der Waals surface area contributed by atoms with Crippen LogP contribution in [-0.2, 0) is 7.05 Å². The first-order valence-electron chi connectivity index (χ1n) is 7.09. The average molecular weight is 371 g/mol. The van der Waals surface area contributed by atoms with Crippen molar-refractivity contribution in [1.29, 1.82) is 0 Å². The minimum Gasteiger partial charge on any atom is -0.338 e. The summed E-state index contributed by atoms with van der Waals surface area (Å²) in [5.74, 6) is 0.572. The second-order valence-corrected chi connectivity index (χ2v) is 6.02. The highest BCUT2D eigenvalue weighted by atomic mass is 79.9. The van der Waals surface area contributed by atoms with Gasteiger partial charge in [-0.15, -0.1) is 0 Å². The molecule has 1 N–H and O–H groups in total. The Bertz CT molecular complexity index is 816. The summed E-state index contributed by atoms with van der Waals surface area (Å²) >= 11 is 3.33. The van der Waals surface area contributed by atoms with Crippen LogP contribution in [0.2, 0.25) is 0 Å². The largest absolute Gasteiger partial charge is 0.338 e. The number of imidazole rings is 1. The Morgan fingerprint density at radius 1 is 1.26 bits per heavy atom. The fourth-order valence-electron chi connectivity index (χ4n) is 2.35. The van der Waals surface area contributed by atoms with Gasteiger partial charge < -0.3 is 9.88 Å². The van der Waals surface area contributed by atoms with Crippen LogP contribution in [0.4, 0.5) is 0 Å². The summed E-state index contributed by atoms with van der Waals surface area (Å²) in [7, 11) is 1.91. The summed E-state index contributed by atoms with van der Waals surface area (Å²) in [4.78, 5) is 21.0. The summed E-state index contributed by atoms with van der Waals surface area (Å²) in [6.45, 7) is 0. The topological polar surface area (TPSA) is 59.8 Å². The lowest BCUT2D eigenvalue weighted by Gasteiger charge is -2.19. The van der Waals surface area contributed by atoms with Gasteiger partial charge in [0.05, 0.1) is 5.56 Å². The van der Waals surface area contributed by atoms with Crippen LogP contribution < -0.4 is 5.32 Å². The van der Waals surface area contributed by atoms with Crippen LogP contribution in [0.15, 0.2) is 65.7 Å². The van der Waals surface area contributed by atoms with E-state index >= 15 is 0 Å². The number of carbonyl (C=O) groups is 1. The highest BCUT2D eigenvalue weighted by molar-refractivity contribution is 9.10. The molecule has 2 aromatic heterocycles. The number of pyridine rings is 1. The highest BCUT2D eigenvalue weighted by Crippen LogP contribution is 2.21. The maximum Gasteiger partial charge on any atom is 0.253 e. The zero-order chi connectivity index (χ0) is 16.2. The number of hydrogen-bond donors (Lipinski definition) is 1. The molecule has 0 saturated carbocycles. The van der Waals surface area contributed by atoms with E-state index in [1.165, 1.54) is 0 Å². The Hall–Kier alpha value is -2.47. The van der Waals surface area contributed by atoms with Crippen LogP contribution >= 0.6 is 15.9 Å². The molecule has 116 valence electrons. The van der Waals surface area contributed by atoms with E-state index in [9.17, 15) is 4.79 Å². The molecule has 0 fully saturated rings. The van der Waals surface area contributed by atoms with Gasteiger partial charge in [0.25, 0.3) is 5.91 Å². The van der Waals surface area contributed by atoms with Gasteiger partial charge in [0.15, 0.2) is 0 Å². The molecule has 2 heterocycles. The number of aryl methyl sites for hydroxylation is 1. The van der Waals surface area contributed by atoms with E-state index in [-0.39, 0.29) is 11.9 Å². The smallest absolute Gasteiger partial charge is 0.253 e. The molecular formula is C17H15BrN4O. The summed E-state index contributed by atoms with van der Waals surface area (Å²) in [5, 5.41) is 3.04. The van der Waals surface area contributed by atoms with Crippen molar-refractivity contribution in [3.05, 3.63) is 82.6 Å². The fourth-order valence-corrected chi connectivity index (χ4v) is 2.71. The van der Waals surface area contributed by atoms with Crippen molar-refractivity contribution in [2.24, 2.45) is 7.05 Å². The van der Waals surface area contributed by atoms with E-state index in [4.69, 9.17) is 0 Å². The summed E-state index contributed by atoms with van der Waals surface area (Å²) in [5.41, 5.74) is 1.47. The monoisotopic (exact) mass is 370 g/mol. The molecule has 0 bridgehead atoms. The molecule has 0 unspecified atom stereocenters. The zero-order valence-electron chi connectivity index (χ0n) is 12.5. The Kier molecular flexibility index (Phi) is 4.52. The minimum absolute atomic E-state index is 0.198. The third kappa shape index (κ3) is 3.48. The molecule has 23 heavy (non-hydrogen) atoms. The summed E-state index contributed by atoms with van der Waals surface area (Å²) < 4.78 is 2.66. The van der Waals surface area contributed by atoms with Crippen molar-refractivity contribution in [3.8, 4) is 0 Å². The molecule has 1 aromatic carbocycles. The van der Waals surface area contributed by atoms with E-state index in [1.54, 1.807) is 24.7 Å². The molecule has 0 radical (unpaired) electrons. The fraction of sp³-hybridized carbons (Fsp3) is 0.118. The lowest BCUT2D eigenvalue weighted by atomic mass is 10.1. The van der Waals surface area contributed by atoms with Gasteiger partial charge in [-0.1, -0.05) is 30.3 Å². The lowest BCUT2D eigenvalue weighted by molar-refractivity contribution is 0.0940. The van der Waals surface area contributed by atoms with E-state index in [0.717, 1.165) is 15.9 Å². The number of aromatic nitrogens is 3. The Balaban J connectivity index is 1.94. The number of halogens is 1. The number of carbonyl (C=O) groups excluding carboxylic acids is 1. The molecule has 1 amide bonds. The molecule has 0 spiro atoms. The number of rotatable bonds is 4. The summed E-state index contributed by atoms with van der Waals surface area (Å²) in [6.07, 6.45) is 6.76. The van der Waals surface area contributed by atoms with Gasteiger partial charge in [-0.3, -0.25) is 9.78 Å². The number of benzene rings is 1. The first-order valence-corrected chi connectivity index (χ1v) is 7.88. The quantitative estimate of drug-likeness (QED) is 0.767. The normalized spacial score (nSPS) is 11.9. The number of hydrogen-bond acceptors (Lipinski definition) is 3. The van der Waals surface area contributed by atoms with Crippen molar-refractivity contribution in [1.82, 2.24) is 19.9 Å². The third-order valence-electron chi connectivity index (χ3n) is 3.49. The predicted molar refractivity (Wildman–Crippen MR) is 90.9 cm³/mol. The molecule has 5 nitrogen and oxygen atoms in total. The molecule has 0 aliphatic carbocycles. The molecular weight excluding hydrogens is 356 g/mol. The van der Waals surface area contributed by atoms with Gasteiger partial charge in [-0.2, -0.15) is 0 Å². The molecule has 1 atom stereocenters. The van der Waals surface area contributed by atoms with Gasteiger partial charge in [-0.25, -0.2) is 4.98 Å². The van der Waals surface area contributed by atoms with E-state index in [1.807, 2.05) is 48.1 Å². The van der Waals surface area contributed by atoms with E-state index in [0.29, 0.717) is 5.56 Å².